The molecule has 0 heterocycles. The molecule has 0 aromatic rings. The minimum atomic E-state index is 0.562. The Morgan fingerprint density at radius 3 is 2.27 bits per heavy atom. The monoisotopic (exact) mass is 204 g/mol. The van der Waals surface area contributed by atoms with Gasteiger partial charge in [-0.1, -0.05) is 39.3 Å². The molecule has 84 valence electrons. The van der Waals surface area contributed by atoms with Crippen LogP contribution in [-0.4, -0.2) is 0 Å². The number of allylic oxidation sites excluding steroid dienone is 1. The first-order valence-electron chi connectivity index (χ1n) is 6.61. The van der Waals surface area contributed by atoms with E-state index in [1.165, 1.54) is 38.5 Å². The van der Waals surface area contributed by atoms with Gasteiger partial charge in [-0.2, -0.15) is 0 Å². The summed E-state index contributed by atoms with van der Waals surface area (Å²) in [5.74, 6) is 0.903. The molecule has 0 nitrogen and oxygen atoms in total. The van der Waals surface area contributed by atoms with Gasteiger partial charge in [0.2, 0.25) is 0 Å². The van der Waals surface area contributed by atoms with E-state index in [0.717, 1.165) is 5.92 Å². The molecule has 3 aliphatic rings. The fraction of sp³-hybridized carbons (Fsp3) is 0.867. The van der Waals surface area contributed by atoms with Gasteiger partial charge in [0.25, 0.3) is 0 Å². The van der Waals surface area contributed by atoms with Gasteiger partial charge >= 0.3 is 0 Å². The minimum absolute atomic E-state index is 0.562. The molecule has 3 atom stereocenters. The maximum absolute atomic E-state index is 4.27. The summed E-state index contributed by atoms with van der Waals surface area (Å²) in [4.78, 5) is 0. The molecule has 3 saturated carbocycles. The Balaban J connectivity index is 1.98. The average molecular weight is 204 g/mol. The van der Waals surface area contributed by atoms with Gasteiger partial charge in [-0.25, -0.2) is 0 Å². The summed E-state index contributed by atoms with van der Waals surface area (Å²) < 4.78 is 0. The Bertz CT molecular complexity index is 325. The van der Waals surface area contributed by atoms with Crippen LogP contribution in [0.25, 0.3) is 0 Å². The quantitative estimate of drug-likeness (QED) is 0.549. The molecule has 0 heteroatoms. The van der Waals surface area contributed by atoms with Crippen molar-refractivity contribution in [3.8, 4) is 0 Å². The molecule has 3 aliphatic carbocycles. The van der Waals surface area contributed by atoms with Crippen molar-refractivity contribution in [2.75, 3.05) is 0 Å². The maximum atomic E-state index is 4.27. The van der Waals surface area contributed by atoms with Crippen molar-refractivity contribution in [3.05, 3.63) is 12.2 Å². The van der Waals surface area contributed by atoms with E-state index in [0.29, 0.717) is 16.2 Å². The Morgan fingerprint density at radius 2 is 1.87 bits per heavy atom. The smallest absolute Gasteiger partial charge is 0.0138 e. The van der Waals surface area contributed by atoms with E-state index < -0.39 is 0 Å². The molecule has 0 aliphatic heterocycles. The van der Waals surface area contributed by atoms with Crippen LogP contribution >= 0.6 is 0 Å². The second-order valence-corrected chi connectivity index (χ2v) is 7.14. The second kappa shape index (κ2) is 2.52. The zero-order valence-corrected chi connectivity index (χ0v) is 10.5. The summed E-state index contributed by atoms with van der Waals surface area (Å²) in [5, 5.41) is 0. The average Bonchev–Trinajstić information content (AvgIpc) is 2.73. The van der Waals surface area contributed by atoms with Gasteiger partial charge in [0.05, 0.1) is 0 Å². The molecule has 0 saturated heterocycles. The van der Waals surface area contributed by atoms with Crippen molar-refractivity contribution in [2.45, 2.75) is 59.3 Å². The number of hydrogen-bond acceptors (Lipinski definition) is 0. The van der Waals surface area contributed by atoms with E-state index in [1.807, 2.05) is 0 Å². The highest BCUT2D eigenvalue weighted by atomic mass is 14.7. The summed E-state index contributed by atoms with van der Waals surface area (Å²) in [6, 6.07) is 0. The molecule has 15 heavy (non-hydrogen) atoms. The summed E-state index contributed by atoms with van der Waals surface area (Å²) in [6.07, 6.45) is 8.57. The number of fused-ring (bicyclic) bond motifs is 1. The second-order valence-electron chi connectivity index (χ2n) is 7.14. The molecule has 0 radical (unpaired) electrons. The fourth-order valence-electron chi connectivity index (χ4n) is 4.98. The highest BCUT2D eigenvalue weighted by Crippen LogP contribution is 2.79. The summed E-state index contributed by atoms with van der Waals surface area (Å²) in [5.41, 5.74) is 3.42. The van der Waals surface area contributed by atoms with Gasteiger partial charge in [0.15, 0.2) is 0 Å². The lowest BCUT2D eigenvalue weighted by molar-refractivity contribution is 0.0318. The van der Waals surface area contributed by atoms with Gasteiger partial charge in [-0.05, 0) is 54.3 Å². The van der Waals surface area contributed by atoms with Crippen LogP contribution < -0.4 is 0 Å². The molecule has 3 unspecified atom stereocenters. The number of hydrogen-bond donors (Lipinski definition) is 0. The first kappa shape index (κ1) is 9.93. The van der Waals surface area contributed by atoms with E-state index in [-0.39, 0.29) is 0 Å². The van der Waals surface area contributed by atoms with E-state index in [2.05, 4.69) is 27.4 Å². The Labute approximate surface area is 94.1 Å². The maximum Gasteiger partial charge on any atom is -0.0138 e. The van der Waals surface area contributed by atoms with Crippen molar-refractivity contribution in [3.63, 3.8) is 0 Å². The highest BCUT2D eigenvalue weighted by molar-refractivity contribution is 5.31. The van der Waals surface area contributed by atoms with Crippen molar-refractivity contribution in [1.82, 2.24) is 0 Å². The minimum Gasteiger partial charge on any atom is -0.0996 e. The van der Waals surface area contributed by atoms with Crippen molar-refractivity contribution in [1.29, 1.82) is 0 Å². The van der Waals surface area contributed by atoms with Gasteiger partial charge in [-0.15, -0.1) is 0 Å². The lowest BCUT2D eigenvalue weighted by Gasteiger charge is -2.45. The van der Waals surface area contributed by atoms with Crippen molar-refractivity contribution in [2.24, 2.45) is 22.2 Å². The Kier molecular flexibility index (Phi) is 1.67. The SMILES string of the molecule is C=C1CCC2(C3(C)CCCC3(C)C)CC12. The standard InChI is InChI=1S/C15H24/c1-11-6-9-15(10-12(11)15)14(4)8-5-7-13(14,2)3/h12H,1,5-10H2,2-4H3. The first-order valence-corrected chi connectivity index (χ1v) is 6.61. The normalized spacial score (nSPS) is 51.9. The van der Waals surface area contributed by atoms with E-state index in [9.17, 15) is 0 Å². The van der Waals surface area contributed by atoms with Crippen LogP contribution in [0, 0.1) is 22.2 Å². The van der Waals surface area contributed by atoms with Gasteiger partial charge in [-0.3, -0.25) is 0 Å². The van der Waals surface area contributed by atoms with Crippen LogP contribution in [0.3, 0.4) is 0 Å². The van der Waals surface area contributed by atoms with Crippen molar-refractivity contribution < 1.29 is 0 Å². The molecule has 3 rings (SSSR count). The topological polar surface area (TPSA) is 0 Å². The van der Waals surface area contributed by atoms with Crippen LogP contribution in [0.15, 0.2) is 12.2 Å². The summed E-state index contributed by atoms with van der Waals surface area (Å²) >= 11 is 0. The highest BCUT2D eigenvalue weighted by Gasteiger charge is 2.71. The summed E-state index contributed by atoms with van der Waals surface area (Å²) in [6.45, 7) is 11.9. The molecule has 0 amide bonds. The van der Waals surface area contributed by atoms with Crippen LogP contribution in [0.4, 0.5) is 0 Å². The fourth-order valence-corrected chi connectivity index (χ4v) is 4.98. The molecule has 0 aromatic carbocycles. The molecule has 0 bridgehead atoms. The summed E-state index contributed by atoms with van der Waals surface area (Å²) in [7, 11) is 0. The third-order valence-electron chi connectivity index (χ3n) is 6.53. The zero-order valence-electron chi connectivity index (χ0n) is 10.5. The molecular formula is C15H24. The Hall–Kier alpha value is -0.260. The first-order chi connectivity index (χ1) is 6.93. The molecule has 0 aromatic heterocycles. The van der Waals surface area contributed by atoms with Crippen molar-refractivity contribution >= 4 is 0 Å². The predicted octanol–water partition coefficient (Wildman–Crippen LogP) is 4.56. The molecule has 0 N–H and O–H groups in total. The lowest BCUT2D eigenvalue weighted by atomic mass is 9.59. The zero-order chi connectivity index (χ0) is 10.9. The van der Waals surface area contributed by atoms with E-state index in [1.54, 1.807) is 5.57 Å². The third-order valence-corrected chi connectivity index (χ3v) is 6.53. The van der Waals surface area contributed by atoms with Crippen LogP contribution in [0.5, 0.6) is 0 Å². The molecule has 3 fully saturated rings. The van der Waals surface area contributed by atoms with E-state index in [4.69, 9.17) is 0 Å². The largest absolute Gasteiger partial charge is 0.0996 e. The molecule has 0 spiro atoms. The Morgan fingerprint density at radius 1 is 1.13 bits per heavy atom. The van der Waals surface area contributed by atoms with Crippen LogP contribution in [0.2, 0.25) is 0 Å². The van der Waals surface area contributed by atoms with E-state index >= 15 is 0 Å². The van der Waals surface area contributed by atoms with Crippen LogP contribution in [-0.2, 0) is 0 Å². The third kappa shape index (κ3) is 0.946. The van der Waals surface area contributed by atoms with Gasteiger partial charge in [0.1, 0.15) is 0 Å². The number of rotatable bonds is 1. The van der Waals surface area contributed by atoms with Crippen LogP contribution in [0.1, 0.15) is 59.3 Å². The predicted molar refractivity (Wildman–Crippen MR) is 64.7 cm³/mol. The molecular weight excluding hydrogens is 180 g/mol. The lowest BCUT2D eigenvalue weighted by Crippen LogP contribution is -2.38. The van der Waals surface area contributed by atoms with Gasteiger partial charge in [0, 0.05) is 0 Å². The van der Waals surface area contributed by atoms with Gasteiger partial charge < -0.3 is 0 Å².